The van der Waals surface area contributed by atoms with Gasteiger partial charge in [0.2, 0.25) is 0 Å². The maximum absolute atomic E-state index is 12.5. The van der Waals surface area contributed by atoms with Crippen molar-refractivity contribution >= 4 is 11.9 Å². The van der Waals surface area contributed by atoms with Gasteiger partial charge in [-0.25, -0.2) is 9.78 Å². The number of pyridine rings is 1. The van der Waals surface area contributed by atoms with E-state index < -0.39 is 29.8 Å². The number of esters is 1. The van der Waals surface area contributed by atoms with Crippen molar-refractivity contribution in [3.8, 4) is 17.2 Å². The first-order valence-corrected chi connectivity index (χ1v) is 9.57. The molecule has 0 bridgehead atoms. The highest BCUT2D eigenvalue weighted by Crippen LogP contribution is 2.28. The molecule has 2 aromatic rings. The number of hydrogen-bond donors (Lipinski definition) is 2. The average molecular weight is 416 g/mol. The summed E-state index contributed by atoms with van der Waals surface area (Å²) in [5.41, 5.74) is 1.84. The number of aromatic nitrogens is 1. The lowest BCUT2D eigenvalue weighted by Crippen LogP contribution is -2.41. The Morgan fingerprint density at radius 1 is 1.10 bits per heavy atom. The largest absolute Gasteiger partial charge is 0.503 e. The zero-order valence-electron chi connectivity index (χ0n) is 18.1. The molecule has 2 rings (SSSR count). The molecule has 0 aliphatic rings. The van der Waals surface area contributed by atoms with Crippen LogP contribution in [-0.4, -0.2) is 48.3 Å². The molecule has 0 saturated heterocycles. The number of nitrogens with one attached hydrogen (secondary N) is 1. The highest BCUT2D eigenvalue weighted by molar-refractivity contribution is 5.97. The molecule has 1 amide bonds. The maximum atomic E-state index is 12.5. The van der Waals surface area contributed by atoms with Gasteiger partial charge in [-0.2, -0.15) is 0 Å². The molecule has 8 heteroatoms. The van der Waals surface area contributed by atoms with Gasteiger partial charge in [-0.15, -0.1) is 0 Å². The first-order valence-electron chi connectivity index (χ1n) is 9.57. The SMILES string of the molecule is COc1ccc(C(C)C(C)OC(=O)[C@H](C)NC(=O)c2nccc(OC)c2O)c(C)c1. The molecule has 2 unspecified atom stereocenters. The quantitative estimate of drug-likeness (QED) is 0.637. The predicted octanol–water partition coefficient (Wildman–Crippen LogP) is 2.97. The molecule has 8 nitrogen and oxygen atoms in total. The minimum Gasteiger partial charge on any atom is -0.503 e. The zero-order chi connectivity index (χ0) is 22.4. The Kier molecular flexibility index (Phi) is 7.63. The number of methoxy groups -OCH3 is 2. The number of rotatable bonds is 8. The summed E-state index contributed by atoms with van der Waals surface area (Å²) in [6.45, 7) is 7.25. The summed E-state index contributed by atoms with van der Waals surface area (Å²) < 4.78 is 15.7. The van der Waals surface area contributed by atoms with Crippen molar-refractivity contribution in [2.24, 2.45) is 0 Å². The number of carbonyl (C=O) groups excluding carboxylic acids is 2. The molecule has 0 aliphatic carbocycles. The minimum atomic E-state index is -0.934. The zero-order valence-corrected chi connectivity index (χ0v) is 18.1. The van der Waals surface area contributed by atoms with Crippen LogP contribution in [-0.2, 0) is 9.53 Å². The molecule has 30 heavy (non-hydrogen) atoms. The van der Waals surface area contributed by atoms with Gasteiger partial charge in [-0.3, -0.25) is 4.79 Å². The summed E-state index contributed by atoms with van der Waals surface area (Å²) in [4.78, 5) is 28.7. The second-order valence-corrected chi connectivity index (χ2v) is 7.06. The van der Waals surface area contributed by atoms with E-state index in [1.54, 1.807) is 14.0 Å². The van der Waals surface area contributed by atoms with Gasteiger partial charge in [0.15, 0.2) is 17.2 Å². The van der Waals surface area contributed by atoms with Crippen LogP contribution in [0.15, 0.2) is 30.5 Å². The second-order valence-electron chi connectivity index (χ2n) is 7.06. The third-order valence-electron chi connectivity index (χ3n) is 5.00. The van der Waals surface area contributed by atoms with Crippen LogP contribution in [0, 0.1) is 6.92 Å². The van der Waals surface area contributed by atoms with Gasteiger partial charge in [0, 0.05) is 18.2 Å². The number of aryl methyl sites for hydroxylation is 1. The lowest BCUT2D eigenvalue weighted by Gasteiger charge is -2.24. The van der Waals surface area contributed by atoms with Crippen molar-refractivity contribution in [2.45, 2.75) is 45.8 Å². The van der Waals surface area contributed by atoms with Gasteiger partial charge >= 0.3 is 5.97 Å². The molecule has 0 aliphatic heterocycles. The lowest BCUT2D eigenvalue weighted by atomic mass is 9.92. The molecule has 0 radical (unpaired) electrons. The molecular formula is C22H28N2O6. The van der Waals surface area contributed by atoms with Crippen LogP contribution in [0.25, 0.3) is 0 Å². The van der Waals surface area contributed by atoms with Gasteiger partial charge in [-0.05, 0) is 44.0 Å². The van der Waals surface area contributed by atoms with E-state index in [1.165, 1.54) is 26.3 Å². The van der Waals surface area contributed by atoms with Crippen LogP contribution in [0.5, 0.6) is 17.2 Å². The van der Waals surface area contributed by atoms with Crippen LogP contribution in [0.4, 0.5) is 0 Å². The Bertz CT molecular complexity index is 914. The van der Waals surface area contributed by atoms with Crippen LogP contribution in [0.3, 0.4) is 0 Å². The molecule has 2 N–H and O–H groups in total. The molecule has 0 spiro atoms. The van der Waals surface area contributed by atoms with Crippen molar-refractivity contribution in [3.05, 3.63) is 47.3 Å². The highest BCUT2D eigenvalue weighted by Gasteiger charge is 2.26. The predicted molar refractivity (Wildman–Crippen MR) is 111 cm³/mol. The normalized spacial score (nSPS) is 13.7. The summed E-state index contributed by atoms with van der Waals surface area (Å²) in [5.74, 6) is -0.873. The van der Waals surface area contributed by atoms with E-state index in [2.05, 4.69) is 10.3 Å². The molecule has 3 atom stereocenters. The van der Waals surface area contributed by atoms with Gasteiger partial charge in [0.1, 0.15) is 17.9 Å². The molecule has 0 fully saturated rings. The summed E-state index contributed by atoms with van der Waals surface area (Å²) in [5, 5.41) is 12.5. The van der Waals surface area contributed by atoms with Crippen molar-refractivity contribution < 1.29 is 28.9 Å². The van der Waals surface area contributed by atoms with Crippen LogP contribution < -0.4 is 14.8 Å². The van der Waals surface area contributed by atoms with E-state index in [0.717, 1.165) is 16.9 Å². The van der Waals surface area contributed by atoms with E-state index in [9.17, 15) is 14.7 Å². The average Bonchev–Trinajstić information content (AvgIpc) is 2.72. The monoisotopic (exact) mass is 416 g/mol. The lowest BCUT2D eigenvalue weighted by molar-refractivity contribution is -0.151. The maximum Gasteiger partial charge on any atom is 0.328 e. The van der Waals surface area contributed by atoms with Crippen molar-refractivity contribution in [2.75, 3.05) is 14.2 Å². The van der Waals surface area contributed by atoms with E-state index in [1.807, 2.05) is 32.0 Å². The number of ether oxygens (including phenoxy) is 3. The van der Waals surface area contributed by atoms with Crippen molar-refractivity contribution in [1.29, 1.82) is 0 Å². The van der Waals surface area contributed by atoms with Crippen LogP contribution in [0.1, 0.15) is 48.3 Å². The van der Waals surface area contributed by atoms with Crippen molar-refractivity contribution in [3.63, 3.8) is 0 Å². The Hall–Kier alpha value is -3.29. The minimum absolute atomic E-state index is 0.0631. The Morgan fingerprint density at radius 2 is 1.80 bits per heavy atom. The van der Waals surface area contributed by atoms with Crippen molar-refractivity contribution in [1.82, 2.24) is 10.3 Å². The van der Waals surface area contributed by atoms with E-state index >= 15 is 0 Å². The smallest absolute Gasteiger partial charge is 0.328 e. The van der Waals surface area contributed by atoms with E-state index in [0.29, 0.717) is 0 Å². The standard InChI is InChI=1S/C22H28N2O6/c1-12-11-16(28-5)7-8-17(12)13(2)15(4)30-22(27)14(3)24-21(26)19-20(25)18(29-6)9-10-23-19/h7-11,13-15,25H,1-6H3,(H,24,26)/t13?,14-,15?/m0/s1. The van der Waals surface area contributed by atoms with Gasteiger partial charge in [-0.1, -0.05) is 13.0 Å². The number of carbonyl (C=O) groups is 2. The number of hydrogen-bond acceptors (Lipinski definition) is 7. The molecule has 1 heterocycles. The topological polar surface area (TPSA) is 107 Å². The first kappa shape index (κ1) is 23.0. The summed E-state index contributed by atoms with van der Waals surface area (Å²) in [6, 6.07) is 6.23. The fourth-order valence-corrected chi connectivity index (χ4v) is 3.02. The van der Waals surface area contributed by atoms with E-state index in [4.69, 9.17) is 14.2 Å². The number of aromatic hydroxyl groups is 1. The number of amides is 1. The van der Waals surface area contributed by atoms with Crippen LogP contribution in [0.2, 0.25) is 0 Å². The second kappa shape index (κ2) is 9.96. The highest BCUT2D eigenvalue weighted by atomic mass is 16.5. The fourth-order valence-electron chi connectivity index (χ4n) is 3.02. The van der Waals surface area contributed by atoms with Gasteiger partial charge < -0.3 is 24.6 Å². The van der Waals surface area contributed by atoms with Crippen LogP contribution >= 0.6 is 0 Å². The first-order chi connectivity index (χ1) is 14.2. The third-order valence-corrected chi connectivity index (χ3v) is 5.00. The Morgan fingerprint density at radius 3 is 2.40 bits per heavy atom. The van der Waals surface area contributed by atoms with Gasteiger partial charge in [0.05, 0.1) is 14.2 Å². The third kappa shape index (κ3) is 5.20. The fraction of sp³-hybridized carbons (Fsp3) is 0.409. The molecule has 1 aromatic heterocycles. The summed E-state index contributed by atoms with van der Waals surface area (Å²) in [7, 11) is 2.97. The summed E-state index contributed by atoms with van der Waals surface area (Å²) in [6.07, 6.45) is 0.907. The Labute approximate surface area is 176 Å². The summed E-state index contributed by atoms with van der Waals surface area (Å²) >= 11 is 0. The van der Waals surface area contributed by atoms with Gasteiger partial charge in [0.25, 0.3) is 5.91 Å². The van der Waals surface area contributed by atoms with E-state index in [-0.39, 0.29) is 17.4 Å². The molecule has 0 saturated carbocycles. The molecule has 1 aromatic carbocycles. The number of benzene rings is 1. The number of nitrogens with zero attached hydrogens (tertiary/aromatic N) is 1. The Balaban J connectivity index is 2.02. The molecular weight excluding hydrogens is 388 g/mol. The molecule has 162 valence electrons.